The van der Waals surface area contributed by atoms with Gasteiger partial charge in [-0.2, -0.15) is 5.26 Å². The quantitative estimate of drug-likeness (QED) is 0.389. The molecule has 1 aliphatic rings. The number of hydrogen-bond acceptors (Lipinski definition) is 6. The molecule has 2 unspecified atom stereocenters. The zero-order valence-electron chi connectivity index (χ0n) is 19.9. The molecule has 35 heavy (non-hydrogen) atoms. The first-order chi connectivity index (χ1) is 17.1. The average molecular weight is 474 g/mol. The molecule has 1 heterocycles. The fourth-order valence-corrected chi connectivity index (χ4v) is 4.01. The van der Waals surface area contributed by atoms with Crippen molar-refractivity contribution in [3.05, 3.63) is 108 Å². The highest BCUT2D eigenvalue weighted by Gasteiger charge is 2.47. The van der Waals surface area contributed by atoms with Crippen molar-refractivity contribution in [2.75, 3.05) is 13.2 Å². The standard InChI is InChI=1S/C29H31NO5/c1-29(22-30)34-26(20-31-17-23-11-5-2-6-12-23)28(33-19-25-15-9-4-10-16-25)27(35-29)21-32-18-24-13-7-3-8-14-24/h2-16,26-28H,17-21H2,1H3/t26-,27+,28?,29?. The fraction of sp³-hybridized carbons (Fsp3) is 0.345. The molecule has 6 heteroatoms. The predicted octanol–water partition coefficient (Wildman–Crippen LogP) is 5.03. The van der Waals surface area contributed by atoms with E-state index in [0.717, 1.165) is 16.7 Å². The van der Waals surface area contributed by atoms with Crippen LogP contribution in [0.25, 0.3) is 0 Å². The van der Waals surface area contributed by atoms with Gasteiger partial charge in [0.05, 0.1) is 33.0 Å². The van der Waals surface area contributed by atoms with Crippen molar-refractivity contribution in [3.8, 4) is 6.07 Å². The lowest BCUT2D eigenvalue weighted by molar-refractivity contribution is -0.334. The van der Waals surface area contributed by atoms with E-state index >= 15 is 0 Å². The first-order valence-electron chi connectivity index (χ1n) is 11.8. The molecule has 0 amide bonds. The number of benzene rings is 3. The van der Waals surface area contributed by atoms with Crippen LogP contribution in [-0.2, 0) is 43.5 Å². The maximum Gasteiger partial charge on any atom is 0.257 e. The summed E-state index contributed by atoms with van der Waals surface area (Å²) in [5.74, 6) is -1.42. The molecule has 0 bridgehead atoms. The van der Waals surface area contributed by atoms with E-state index < -0.39 is 24.1 Å². The topological polar surface area (TPSA) is 69.9 Å². The van der Waals surface area contributed by atoms with Gasteiger partial charge in [-0.25, -0.2) is 0 Å². The van der Waals surface area contributed by atoms with E-state index in [1.807, 2.05) is 91.0 Å². The highest BCUT2D eigenvalue weighted by molar-refractivity contribution is 5.15. The third-order valence-corrected chi connectivity index (χ3v) is 5.76. The molecule has 1 fully saturated rings. The molecule has 0 spiro atoms. The largest absolute Gasteiger partial charge is 0.374 e. The molecule has 0 aromatic heterocycles. The smallest absolute Gasteiger partial charge is 0.257 e. The van der Waals surface area contributed by atoms with Gasteiger partial charge in [-0.1, -0.05) is 91.0 Å². The van der Waals surface area contributed by atoms with Gasteiger partial charge < -0.3 is 23.7 Å². The summed E-state index contributed by atoms with van der Waals surface area (Å²) in [6, 6.07) is 31.9. The Morgan fingerprint density at radius 2 is 1.09 bits per heavy atom. The summed E-state index contributed by atoms with van der Waals surface area (Å²) < 4.78 is 30.4. The molecule has 0 radical (unpaired) electrons. The van der Waals surface area contributed by atoms with Crippen molar-refractivity contribution in [2.24, 2.45) is 0 Å². The van der Waals surface area contributed by atoms with Gasteiger partial charge in [0.1, 0.15) is 24.4 Å². The molecule has 4 rings (SSSR count). The van der Waals surface area contributed by atoms with Crippen LogP contribution in [0.15, 0.2) is 91.0 Å². The van der Waals surface area contributed by atoms with E-state index in [1.54, 1.807) is 6.92 Å². The maximum absolute atomic E-state index is 9.76. The minimum atomic E-state index is -1.42. The number of rotatable bonds is 11. The first kappa shape index (κ1) is 25.1. The summed E-state index contributed by atoms with van der Waals surface area (Å²) in [6.07, 6.45) is -1.50. The number of nitrogens with zero attached hydrogens (tertiary/aromatic N) is 1. The minimum Gasteiger partial charge on any atom is -0.374 e. The Bertz CT molecular complexity index is 999. The van der Waals surface area contributed by atoms with Gasteiger partial charge in [0.25, 0.3) is 5.79 Å². The van der Waals surface area contributed by atoms with E-state index in [1.165, 1.54) is 0 Å². The number of nitriles is 1. The minimum absolute atomic E-state index is 0.254. The van der Waals surface area contributed by atoms with Gasteiger partial charge in [-0.05, 0) is 16.7 Å². The molecule has 1 aliphatic heterocycles. The van der Waals surface area contributed by atoms with Crippen LogP contribution in [0.2, 0.25) is 0 Å². The maximum atomic E-state index is 9.76. The van der Waals surface area contributed by atoms with Gasteiger partial charge in [-0.3, -0.25) is 0 Å². The van der Waals surface area contributed by atoms with Gasteiger partial charge >= 0.3 is 0 Å². The van der Waals surface area contributed by atoms with Gasteiger partial charge in [0, 0.05) is 6.92 Å². The lowest BCUT2D eigenvalue weighted by Gasteiger charge is -2.43. The van der Waals surface area contributed by atoms with Gasteiger partial charge in [-0.15, -0.1) is 0 Å². The molecular weight excluding hydrogens is 442 g/mol. The van der Waals surface area contributed by atoms with Crippen LogP contribution in [0.1, 0.15) is 23.6 Å². The zero-order chi connectivity index (χ0) is 24.3. The van der Waals surface area contributed by atoms with E-state index in [0.29, 0.717) is 19.8 Å². The SMILES string of the molecule is CC1(C#N)O[C@@H](COCc2ccccc2)C(OCc2ccccc2)[C@@H](COCc2ccccc2)O1. The Hall–Kier alpha value is -3.05. The molecule has 6 nitrogen and oxygen atoms in total. The van der Waals surface area contributed by atoms with Crippen molar-refractivity contribution in [2.45, 2.75) is 50.8 Å². The lowest BCUT2D eigenvalue weighted by Crippen LogP contribution is -2.58. The summed E-state index contributed by atoms with van der Waals surface area (Å²) in [6.45, 7) is 3.38. The third-order valence-electron chi connectivity index (χ3n) is 5.76. The van der Waals surface area contributed by atoms with Gasteiger partial charge in [0.15, 0.2) is 0 Å². The number of hydrogen-bond donors (Lipinski definition) is 0. The lowest BCUT2D eigenvalue weighted by atomic mass is 10.0. The van der Waals surface area contributed by atoms with Crippen LogP contribution in [0.3, 0.4) is 0 Å². The molecule has 0 saturated carbocycles. The van der Waals surface area contributed by atoms with Crippen molar-refractivity contribution in [1.29, 1.82) is 5.26 Å². The Balaban J connectivity index is 1.46. The second-order valence-corrected chi connectivity index (χ2v) is 8.63. The van der Waals surface area contributed by atoms with Crippen molar-refractivity contribution >= 4 is 0 Å². The Morgan fingerprint density at radius 3 is 1.49 bits per heavy atom. The Kier molecular flexibility index (Phi) is 9.02. The van der Waals surface area contributed by atoms with Crippen LogP contribution in [-0.4, -0.2) is 37.3 Å². The van der Waals surface area contributed by atoms with E-state index in [-0.39, 0.29) is 13.2 Å². The van der Waals surface area contributed by atoms with Crippen LogP contribution in [0.4, 0.5) is 0 Å². The van der Waals surface area contributed by atoms with E-state index in [2.05, 4.69) is 6.07 Å². The monoisotopic (exact) mass is 473 g/mol. The third kappa shape index (κ3) is 7.46. The second kappa shape index (κ2) is 12.6. The summed E-state index contributed by atoms with van der Waals surface area (Å²) in [7, 11) is 0. The molecular formula is C29H31NO5. The summed E-state index contributed by atoms with van der Waals surface area (Å²) in [4.78, 5) is 0. The van der Waals surface area contributed by atoms with E-state index in [9.17, 15) is 5.26 Å². The van der Waals surface area contributed by atoms with Crippen LogP contribution >= 0.6 is 0 Å². The molecule has 182 valence electrons. The average Bonchev–Trinajstić information content (AvgIpc) is 2.90. The van der Waals surface area contributed by atoms with Gasteiger partial charge in [0.2, 0.25) is 0 Å². The second-order valence-electron chi connectivity index (χ2n) is 8.63. The first-order valence-corrected chi connectivity index (χ1v) is 11.8. The van der Waals surface area contributed by atoms with Crippen LogP contribution < -0.4 is 0 Å². The highest BCUT2D eigenvalue weighted by Crippen LogP contribution is 2.30. The van der Waals surface area contributed by atoms with Crippen molar-refractivity contribution in [3.63, 3.8) is 0 Å². The molecule has 3 aromatic carbocycles. The Morgan fingerprint density at radius 1 is 0.686 bits per heavy atom. The van der Waals surface area contributed by atoms with Crippen LogP contribution in [0.5, 0.6) is 0 Å². The molecule has 4 atom stereocenters. The molecule has 1 saturated heterocycles. The van der Waals surface area contributed by atoms with Crippen molar-refractivity contribution in [1.82, 2.24) is 0 Å². The zero-order valence-corrected chi connectivity index (χ0v) is 19.9. The number of ether oxygens (including phenoxy) is 5. The van der Waals surface area contributed by atoms with E-state index in [4.69, 9.17) is 23.7 Å². The fourth-order valence-electron chi connectivity index (χ4n) is 4.01. The van der Waals surface area contributed by atoms with Crippen LogP contribution in [0, 0.1) is 11.3 Å². The normalized spacial score (nSPS) is 24.1. The molecule has 0 aliphatic carbocycles. The highest BCUT2D eigenvalue weighted by atomic mass is 16.7. The molecule has 0 N–H and O–H groups in total. The predicted molar refractivity (Wildman–Crippen MR) is 131 cm³/mol. The molecule has 3 aromatic rings. The Labute approximate surface area is 207 Å². The van der Waals surface area contributed by atoms with Crippen molar-refractivity contribution < 1.29 is 23.7 Å². The summed E-state index contributed by atoms with van der Waals surface area (Å²) in [5, 5.41) is 9.76. The summed E-state index contributed by atoms with van der Waals surface area (Å²) in [5.41, 5.74) is 3.16. The summed E-state index contributed by atoms with van der Waals surface area (Å²) >= 11 is 0.